The van der Waals surface area contributed by atoms with Gasteiger partial charge in [0.1, 0.15) is 0 Å². The molecule has 2 bridgehead atoms. The van der Waals surface area contributed by atoms with Gasteiger partial charge in [0.2, 0.25) is 5.91 Å². The zero-order valence-corrected chi connectivity index (χ0v) is 12.6. The number of carbonyl (C=O) groups is 1. The summed E-state index contributed by atoms with van der Waals surface area (Å²) < 4.78 is 38.5. The number of hydrogen-bond donors (Lipinski definition) is 1. The Morgan fingerprint density at radius 1 is 1.17 bits per heavy atom. The first-order valence-corrected chi connectivity index (χ1v) is 7.86. The van der Waals surface area contributed by atoms with E-state index in [9.17, 15) is 18.0 Å². The Morgan fingerprint density at radius 3 is 2.52 bits per heavy atom. The van der Waals surface area contributed by atoms with E-state index in [0.29, 0.717) is 12.8 Å². The van der Waals surface area contributed by atoms with Crippen molar-refractivity contribution in [2.24, 2.45) is 28.8 Å². The first-order chi connectivity index (χ1) is 10.9. The monoisotopic (exact) mass is 324 g/mol. The average Bonchev–Trinajstić information content (AvgIpc) is 3.08. The van der Waals surface area contributed by atoms with E-state index < -0.39 is 12.1 Å². The predicted octanol–water partition coefficient (Wildman–Crippen LogP) is 3.56. The molecule has 4 atom stereocenters. The van der Waals surface area contributed by atoms with Gasteiger partial charge in [-0.2, -0.15) is 18.3 Å². The normalized spacial score (nSPS) is 30.0. The highest BCUT2D eigenvalue weighted by Crippen LogP contribution is 2.56. The molecule has 124 valence electrons. The summed E-state index contributed by atoms with van der Waals surface area (Å²) in [5.74, 6) is -1.55. The molecule has 0 saturated heterocycles. The Balaban J connectivity index is 1.47. The van der Waals surface area contributed by atoms with Crippen molar-refractivity contribution in [3.63, 3.8) is 0 Å². The predicted molar refractivity (Wildman–Crippen MR) is 80.6 cm³/mol. The molecule has 1 amide bonds. The maximum absolute atomic E-state index is 12.8. The van der Waals surface area contributed by atoms with E-state index >= 15 is 0 Å². The molecule has 3 rings (SSSR count). The van der Waals surface area contributed by atoms with Crippen LogP contribution in [0.5, 0.6) is 0 Å². The van der Waals surface area contributed by atoms with E-state index in [1.165, 1.54) is 0 Å². The van der Waals surface area contributed by atoms with Crippen LogP contribution in [0.4, 0.5) is 13.2 Å². The molecular weight excluding hydrogens is 305 g/mol. The highest BCUT2D eigenvalue weighted by molar-refractivity contribution is 5.79. The molecule has 0 unspecified atom stereocenters. The number of carbonyl (C=O) groups excluding carboxylic acids is 1. The fourth-order valence-corrected chi connectivity index (χ4v) is 3.93. The van der Waals surface area contributed by atoms with Crippen LogP contribution in [0, 0.1) is 23.7 Å². The van der Waals surface area contributed by atoms with Crippen LogP contribution in [0.25, 0.3) is 0 Å². The maximum Gasteiger partial charge on any atom is 0.392 e. The Labute approximate surface area is 133 Å². The molecule has 2 saturated carbocycles. The van der Waals surface area contributed by atoms with Crippen molar-refractivity contribution in [1.29, 1.82) is 0 Å². The average molecular weight is 324 g/mol. The van der Waals surface area contributed by atoms with Gasteiger partial charge in [-0.1, -0.05) is 30.3 Å². The second-order valence-corrected chi connectivity index (χ2v) is 6.51. The van der Waals surface area contributed by atoms with Gasteiger partial charge in [-0.3, -0.25) is 4.79 Å². The van der Waals surface area contributed by atoms with E-state index in [0.717, 1.165) is 5.56 Å². The van der Waals surface area contributed by atoms with Gasteiger partial charge in [-0.15, -0.1) is 0 Å². The summed E-state index contributed by atoms with van der Waals surface area (Å²) in [7, 11) is 0. The molecule has 0 spiro atoms. The second kappa shape index (κ2) is 6.34. The lowest BCUT2D eigenvalue weighted by atomic mass is 9.82. The third-order valence-corrected chi connectivity index (χ3v) is 4.99. The smallest absolute Gasteiger partial charge is 0.273 e. The van der Waals surface area contributed by atoms with Gasteiger partial charge in [0.15, 0.2) is 0 Å². The number of alkyl halides is 3. The SMILES string of the molecule is O=C(Cc1ccccc1)N/N=C\[C@H]1C[C@H]2C[C@H]1C[C@@H]2C(F)(F)F. The number of halogens is 3. The molecule has 0 heterocycles. The van der Waals surface area contributed by atoms with Crippen molar-refractivity contribution >= 4 is 12.1 Å². The van der Waals surface area contributed by atoms with Gasteiger partial charge in [0.25, 0.3) is 0 Å². The summed E-state index contributed by atoms with van der Waals surface area (Å²) >= 11 is 0. The van der Waals surface area contributed by atoms with Crippen LogP contribution < -0.4 is 5.43 Å². The van der Waals surface area contributed by atoms with Crippen LogP contribution >= 0.6 is 0 Å². The minimum Gasteiger partial charge on any atom is -0.273 e. The van der Waals surface area contributed by atoms with E-state index in [1.54, 1.807) is 6.21 Å². The summed E-state index contributed by atoms with van der Waals surface area (Å²) in [4.78, 5) is 11.8. The Morgan fingerprint density at radius 2 is 1.91 bits per heavy atom. The number of nitrogens with one attached hydrogen (secondary N) is 1. The zero-order valence-electron chi connectivity index (χ0n) is 12.6. The minimum atomic E-state index is -4.08. The summed E-state index contributed by atoms with van der Waals surface area (Å²) in [6.45, 7) is 0. The van der Waals surface area contributed by atoms with Crippen molar-refractivity contribution in [2.45, 2.75) is 31.9 Å². The van der Waals surface area contributed by atoms with E-state index in [2.05, 4.69) is 10.5 Å². The molecule has 1 N–H and O–H groups in total. The molecule has 2 aliphatic rings. The summed E-state index contributed by atoms with van der Waals surface area (Å²) in [6.07, 6.45) is -0.870. The van der Waals surface area contributed by atoms with E-state index in [-0.39, 0.29) is 36.5 Å². The summed E-state index contributed by atoms with van der Waals surface area (Å²) in [5, 5.41) is 3.95. The Kier molecular flexibility index (Phi) is 4.41. The van der Waals surface area contributed by atoms with Crippen LogP contribution in [0.2, 0.25) is 0 Å². The van der Waals surface area contributed by atoms with Gasteiger partial charge >= 0.3 is 6.18 Å². The van der Waals surface area contributed by atoms with Gasteiger partial charge < -0.3 is 0 Å². The third kappa shape index (κ3) is 3.74. The molecular formula is C17H19F3N2O. The molecule has 2 aliphatic carbocycles. The highest BCUT2D eigenvalue weighted by Gasteiger charge is 2.55. The lowest BCUT2D eigenvalue weighted by Crippen LogP contribution is -2.31. The maximum atomic E-state index is 12.8. The first kappa shape index (κ1) is 16.0. The van der Waals surface area contributed by atoms with Crippen LogP contribution in [-0.4, -0.2) is 18.3 Å². The molecule has 0 aromatic heterocycles. The highest BCUT2D eigenvalue weighted by atomic mass is 19.4. The summed E-state index contributed by atoms with van der Waals surface area (Å²) in [5.41, 5.74) is 3.36. The zero-order chi connectivity index (χ0) is 16.4. The number of benzene rings is 1. The molecule has 0 aliphatic heterocycles. The molecule has 23 heavy (non-hydrogen) atoms. The van der Waals surface area contributed by atoms with Crippen LogP contribution in [0.3, 0.4) is 0 Å². The number of fused-ring (bicyclic) bond motifs is 2. The molecule has 6 heteroatoms. The molecule has 1 aromatic rings. The first-order valence-electron chi connectivity index (χ1n) is 7.86. The Bertz CT molecular complexity index is 585. The quantitative estimate of drug-likeness (QED) is 0.668. The van der Waals surface area contributed by atoms with Gasteiger partial charge in [0, 0.05) is 6.21 Å². The summed E-state index contributed by atoms with van der Waals surface area (Å²) in [6, 6.07) is 9.31. The fourth-order valence-electron chi connectivity index (χ4n) is 3.93. The fraction of sp³-hybridized carbons (Fsp3) is 0.529. The van der Waals surface area contributed by atoms with E-state index in [1.807, 2.05) is 30.3 Å². The standard InChI is InChI=1S/C17H19F3N2O/c18-17(19,20)15-9-12-7-13(15)8-14(12)10-21-22-16(23)6-11-4-2-1-3-5-11/h1-5,10,12-15H,6-9H2,(H,22,23)/b21-10-/t12-,13+,14+,15-/m0/s1. The van der Waals surface area contributed by atoms with Crippen LogP contribution in [0.15, 0.2) is 35.4 Å². The number of hydrogen-bond acceptors (Lipinski definition) is 2. The van der Waals surface area contributed by atoms with Crippen LogP contribution in [0.1, 0.15) is 24.8 Å². The third-order valence-electron chi connectivity index (χ3n) is 4.99. The van der Waals surface area contributed by atoms with Crippen molar-refractivity contribution in [3.8, 4) is 0 Å². The minimum absolute atomic E-state index is 0.0430. The largest absolute Gasteiger partial charge is 0.392 e. The molecule has 2 fully saturated rings. The van der Waals surface area contributed by atoms with Crippen molar-refractivity contribution in [3.05, 3.63) is 35.9 Å². The lowest BCUT2D eigenvalue weighted by Gasteiger charge is -2.27. The lowest BCUT2D eigenvalue weighted by molar-refractivity contribution is -0.187. The van der Waals surface area contributed by atoms with Gasteiger partial charge in [0.05, 0.1) is 12.3 Å². The molecule has 1 aromatic carbocycles. The number of rotatable bonds is 4. The topological polar surface area (TPSA) is 41.5 Å². The van der Waals surface area contributed by atoms with Gasteiger partial charge in [-0.25, -0.2) is 5.43 Å². The number of hydrazone groups is 1. The van der Waals surface area contributed by atoms with Crippen molar-refractivity contribution in [2.75, 3.05) is 0 Å². The van der Waals surface area contributed by atoms with Crippen LogP contribution in [-0.2, 0) is 11.2 Å². The molecule has 3 nitrogen and oxygen atoms in total. The van der Waals surface area contributed by atoms with Crippen molar-refractivity contribution in [1.82, 2.24) is 5.43 Å². The van der Waals surface area contributed by atoms with Gasteiger partial charge in [-0.05, 0) is 42.6 Å². The Hall–Kier alpha value is -1.85. The number of amides is 1. The molecule has 0 radical (unpaired) electrons. The van der Waals surface area contributed by atoms with Crippen molar-refractivity contribution < 1.29 is 18.0 Å². The number of nitrogens with zero attached hydrogens (tertiary/aromatic N) is 1. The second-order valence-electron chi connectivity index (χ2n) is 6.51. The van der Waals surface area contributed by atoms with E-state index in [4.69, 9.17) is 0 Å².